The molecule has 20 heavy (non-hydrogen) atoms. The molecular weight excluding hydrogens is 272 g/mol. The zero-order chi connectivity index (χ0) is 14.1. The van der Waals surface area contributed by atoms with Gasteiger partial charge in [-0.15, -0.1) is 0 Å². The van der Waals surface area contributed by atoms with Crippen LogP contribution in [0.5, 0.6) is 0 Å². The van der Waals surface area contributed by atoms with Crippen LogP contribution < -0.4 is 21.2 Å². The van der Waals surface area contributed by atoms with E-state index in [0.29, 0.717) is 5.02 Å². The van der Waals surface area contributed by atoms with E-state index in [1.807, 2.05) is 48.4 Å². The molecule has 2 aromatic rings. The van der Waals surface area contributed by atoms with Gasteiger partial charge in [-0.1, -0.05) is 17.7 Å². The molecule has 1 aromatic carbocycles. The summed E-state index contributed by atoms with van der Waals surface area (Å²) in [4.78, 5) is 10.9. The number of benzene rings is 1. The van der Waals surface area contributed by atoms with Crippen molar-refractivity contribution in [1.82, 2.24) is 4.98 Å². The van der Waals surface area contributed by atoms with Crippen LogP contribution in [-0.4, -0.2) is 17.2 Å². The van der Waals surface area contributed by atoms with Crippen LogP contribution in [0.3, 0.4) is 0 Å². The lowest BCUT2D eigenvalue weighted by molar-refractivity contribution is 0.557. The Bertz CT molecular complexity index is 727. The Morgan fingerprint density at radius 2 is 2.15 bits per heavy atom. The summed E-state index contributed by atoms with van der Waals surface area (Å²) in [6.45, 7) is 1.95. The van der Waals surface area contributed by atoms with Gasteiger partial charge >= 0.3 is 0 Å². The predicted octanol–water partition coefficient (Wildman–Crippen LogP) is 1.29. The molecule has 1 aromatic heterocycles. The number of hydrogen-bond acceptors (Lipinski definition) is 4. The Morgan fingerprint density at radius 3 is 2.85 bits per heavy atom. The van der Waals surface area contributed by atoms with Gasteiger partial charge in [0.15, 0.2) is 0 Å². The first-order valence-corrected chi connectivity index (χ1v) is 6.83. The normalized spacial score (nSPS) is 18.8. The van der Waals surface area contributed by atoms with Crippen molar-refractivity contribution in [3.8, 4) is 0 Å². The van der Waals surface area contributed by atoms with Crippen LogP contribution >= 0.6 is 11.6 Å². The Hall–Kier alpha value is -1.91. The third-order valence-corrected chi connectivity index (χ3v) is 3.60. The van der Waals surface area contributed by atoms with Crippen LogP contribution in [0.15, 0.2) is 47.7 Å². The number of nitrogens with zero attached hydrogens (tertiary/aromatic N) is 3. The largest absolute Gasteiger partial charge is 0.325 e. The summed E-state index contributed by atoms with van der Waals surface area (Å²) in [7, 11) is 0. The number of anilines is 1. The lowest BCUT2D eigenvalue weighted by Gasteiger charge is -2.32. The average molecular weight is 287 g/mol. The van der Waals surface area contributed by atoms with Crippen molar-refractivity contribution < 1.29 is 0 Å². The van der Waals surface area contributed by atoms with Crippen molar-refractivity contribution in [2.45, 2.75) is 19.1 Å². The summed E-state index contributed by atoms with van der Waals surface area (Å²) >= 11 is 6.26. The minimum atomic E-state index is -0.162. The molecule has 0 saturated heterocycles. The molecule has 1 aliphatic heterocycles. The van der Waals surface area contributed by atoms with E-state index >= 15 is 0 Å². The molecule has 2 heterocycles. The van der Waals surface area contributed by atoms with Gasteiger partial charge in [0.05, 0.1) is 22.3 Å². The summed E-state index contributed by atoms with van der Waals surface area (Å²) in [5.41, 5.74) is 7.03. The maximum atomic E-state index is 6.26. The van der Waals surface area contributed by atoms with E-state index in [9.17, 15) is 0 Å². The first-order valence-electron chi connectivity index (χ1n) is 6.45. The summed E-state index contributed by atoms with van der Waals surface area (Å²) < 4.78 is 0. The number of pyridine rings is 1. The molecular formula is C15H15ClN4. The number of halogens is 1. The predicted molar refractivity (Wildman–Crippen MR) is 80.9 cm³/mol. The monoisotopic (exact) mass is 286 g/mol. The molecule has 0 saturated carbocycles. The second-order valence-electron chi connectivity index (χ2n) is 4.82. The van der Waals surface area contributed by atoms with Crippen LogP contribution in [0.4, 0.5) is 5.69 Å². The summed E-state index contributed by atoms with van der Waals surface area (Å²) in [6, 6.07) is 9.47. The lowest BCUT2D eigenvalue weighted by Crippen LogP contribution is -2.49. The fourth-order valence-electron chi connectivity index (χ4n) is 2.29. The van der Waals surface area contributed by atoms with Gasteiger partial charge in [-0.3, -0.25) is 9.98 Å². The van der Waals surface area contributed by atoms with Crippen LogP contribution in [0.25, 0.3) is 6.20 Å². The molecule has 0 spiro atoms. The molecule has 2 N–H and O–H groups in total. The standard InChI is InChI=1S/C15H15ClN4/c1-10(17)15-19-14-6-2-5-13(16)12(14)9-20(15)11-4-3-7-18-8-11/h2-10,15H,17H2,1H3. The zero-order valence-corrected chi connectivity index (χ0v) is 11.8. The maximum Gasteiger partial charge on any atom is 0.140 e. The molecule has 0 radical (unpaired) electrons. The lowest BCUT2D eigenvalue weighted by atomic mass is 10.1. The van der Waals surface area contributed by atoms with Crippen LogP contribution in [0.1, 0.15) is 6.92 Å². The molecule has 5 heteroatoms. The van der Waals surface area contributed by atoms with Crippen molar-refractivity contribution in [1.29, 1.82) is 0 Å². The average Bonchev–Trinajstić information content (AvgIpc) is 2.47. The fourth-order valence-corrected chi connectivity index (χ4v) is 2.51. The van der Waals surface area contributed by atoms with Crippen LogP contribution in [-0.2, 0) is 0 Å². The third kappa shape index (κ3) is 2.28. The number of aromatic nitrogens is 1. The molecule has 0 fully saturated rings. The number of rotatable bonds is 2. The van der Waals surface area contributed by atoms with Gasteiger partial charge in [0.25, 0.3) is 0 Å². The minimum Gasteiger partial charge on any atom is -0.325 e. The maximum absolute atomic E-state index is 6.26. The van der Waals surface area contributed by atoms with Gasteiger partial charge in [0.1, 0.15) is 6.17 Å². The second-order valence-corrected chi connectivity index (χ2v) is 5.23. The molecule has 2 atom stereocenters. The van der Waals surface area contributed by atoms with E-state index in [4.69, 9.17) is 22.3 Å². The highest BCUT2D eigenvalue weighted by atomic mass is 35.5. The Balaban J connectivity index is 2.21. The Labute approximate surface area is 122 Å². The summed E-state index contributed by atoms with van der Waals surface area (Å²) in [5, 5.41) is 2.47. The summed E-state index contributed by atoms with van der Waals surface area (Å²) in [6.07, 6.45) is 5.37. The highest BCUT2D eigenvalue weighted by Crippen LogP contribution is 2.19. The van der Waals surface area contributed by atoms with Crippen molar-refractivity contribution >= 4 is 23.5 Å². The topological polar surface area (TPSA) is 54.5 Å². The van der Waals surface area contributed by atoms with E-state index in [0.717, 1.165) is 16.3 Å². The Kier molecular flexibility index (Phi) is 3.42. The first-order chi connectivity index (χ1) is 9.66. The third-order valence-electron chi connectivity index (χ3n) is 3.27. The quantitative estimate of drug-likeness (QED) is 0.905. The molecule has 1 aliphatic rings. The fraction of sp³-hybridized carbons (Fsp3) is 0.200. The molecule has 0 aliphatic carbocycles. The van der Waals surface area contributed by atoms with Crippen molar-refractivity contribution in [2.24, 2.45) is 10.7 Å². The number of hydrogen-bond donors (Lipinski definition) is 1. The zero-order valence-electron chi connectivity index (χ0n) is 11.1. The van der Waals surface area contributed by atoms with Gasteiger partial charge < -0.3 is 10.6 Å². The van der Waals surface area contributed by atoms with Crippen LogP contribution in [0.2, 0.25) is 5.02 Å². The highest BCUT2D eigenvalue weighted by molar-refractivity contribution is 6.30. The van der Waals surface area contributed by atoms with Gasteiger partial charge in [-0.2, -0.15) is 0 Å². The molecule has 102 valence electrons. The van der Waals surface area contributed by atoms with Gasteiger partial charge in [0, 0.05) is 23.7 Å². The molecule has 0 bridgehead atoms. The van der Waals surface area contributed by atoms with Crippen molar-refractivity contribution in [3.63, 3.8) is 0 Å². The summed E-state index contributed by atoms with van der Waals surface area (Å²) in [5.74, 6) is 0. The Morgan fingerprint density at radius 1 is 1.30 bits per heavy atom. The van der Waals surface area contributed by atoms with E-state index in [2.05, 4.69) is 4.98 Å². The van der Waals surface area contributed by atoms with Gasteiger partial charge in [-0.25, -0.2) is 0 Å². The van der Waals surface area contributed by atoms with E-state index < -0.39 is 0 Å². The first kappa shape index (κ1) is 13.1. The van der Waals surface area contributed by atoms with E-state index in [1.165, 1.54) is 0 Å². The molecule has 4 nitrogen and oxygen atoms in total. The SMILES string of the molecule is CC(N)C1N=c2cccc(Cl)c2=CN1c1cccnc1. The van der Waals surface area contributed by atoms with Gasteiger partial charge in [-0.05, 0) is 31.2 Å². The molecule has 3 rings (SSSR count). The minimum absolute atomic E-state index is 0.112. The van der Waals surface area contributed by atoms with Crippen molar-refractivity contribution in [2.75, 3.05) is 4.90 Å². The smallest absolute Gasteiger partial charge is 0.140 e. The molecule has 2 unspecified atom stereocenters. The highest BCUT2D eigenvalue weighted by Gasteiger charge is 2.23. The molecule has 0 amide bonds. The van der Waals surface area contributed by atoms with E-state index in [-0.39, 0.29) is 12.2 Å². The number of nitrogens with two attached hydrogens (primary N) is 1. The van der Waals surface area contributed by atoms with Gasteiger partial charge in [0.2, 0.25) is 0 Å². The van der Waals surface area contributed by atoms with Crippen LogP contribution in [0, 0.1) is 0 Å². The second kappa shape index (κ2) is 5.23. The number of fused-ring (bicyclic) bond motifs is 1. The van der Waals surface area contributed by atoms with Crippen molar-refractivity contribution in [3.05, 3.63) is 58.3 Å². The van der Waals surface area contributed by atoms with E-state index in [1.54, 1.807) is 12.4 Å².